The second-order valence-corrected chi connectivity index (χ2v) is 11.0. The zero-order valence-electron chi connectivity index (χ0n) is 26.0. The number of hydrogen-bond donors (Lipinski definition) is 2. The largest absolute Gasteiger partial charge is 0.494 e. The first-order chi connectivity index (χ1) is 23.4. The van der Waals surface area contributed by atoms with Crippen LogP contribution >= 0.6 is 11.6 Å². The number of aliphatic hydroxyl groups is 1. The molecular formula is C35H33ClFN3O8. The molecule has 0 aliphatic heterocycles. The molecule has 0 amide bonds. The van der Waals surface area contributed by atoms with Crippen LogP contribution < -0.4 is 19.5 Å². The Kier molecular flexibility index (Phi) is 11.9. The second kappa shape index (κ2) is 16.7. The van der Waals surface area contributed by atoms with E-state index in [1.165, 1.54) is 12.1 Å². The van der Waals surface area contributed by atoms with Gasteiger partial charge in [-0.1, -0.05) is 48.0 Å². The summed E-state index contributed by atoms with van der Waals surface area (Å²) in [5.41, 5.74) is 3.44. The maximum atomic E-state index is 15.8. The molecule has 48 heavy (non-hydrogen) atoms. The minimum absolute atomic E-state index is 0.126. The molecular weight excluding hydrogens is 645 g/mol. The summed E-state index contributed by atoms with van der Waals surface area (Å²) in [6.07, 6.45) is 1.19. The number of benzene rings is 4. The molecule has 1 aromatic heterocycles. The quantitative estimate of drug-likeness (QED) is 0.0686. The first-order valence-corrected chi connectivity index (χ1v) is 15.5. The molecule has 5 aromatic rings. The van der Waals surface area contributed by atoms with E-state index >= 15 is 4.39 Å². The van der Waals surface area contributed by atoms with Crippen LogP contribution in [0.15, 0.2) is 77.4 Å². The molecule has 0 aliphatic carbocycles. The average Bonchev–Trinajstić information content (AvgIpc) is 3.57. The van der Waals surface area contributed by atoms with E-state index in [0.717, 1.165) is 5.56 Å². The Balaban J connectivity index is 1.20. The third-order valence-electron chi connectivity index (χ3n) is 7.24. The number of ether oxygens (including phenoxy) is 4. The fourth-order valence-corrected chi connectivity index (χ4v) is 5.01. The lowest BCUT2D eigenvalue weighted by molar-refractivity contribution is -0.146. The van der Waals surface area contributed by atoms with Crippen molar-refractivity contribution in [3.63, 3.8) is 0 Å². The fourth-order valence-electron chi connectivity index (χ4n) is 4.78. The SMILES string of the molecule is CCOC(=O)[C@@H](CO)NCCCOc1cccc(-c2cccc(COc3cc(OCc4ccc5nonc5c4)c(C=O)cc3Cl)c2F)c1. The topological polar surface area (TPSA) is 142 Å². The Hall–Kier alpha value is -5.04. The van der Waals surface area contributed by atoms with E-state index in [2.05, 4.69) is 15.6 Å². The Morgan fingerprint density at radius 1 is 1.00 bits per heavy atom. The minimum Gasteiger partial charge on any atom is -0.494 e. The average molecular weight is 678 g/mol. The summed E-state index contributed by atoms with van der Waals surface area (Å²) in [7, 11) is 0. The maximum Gasteiger partial charge on any atom is 0.325 e. The molecule has 1 heterocycles. The van der Waals surface area contributed by atoms with Crippen LogP contribution in [0.25, 0.3) is 22.2 Å². The van der Waals surface area contributed by atoms with E-state index in [4.69, 9.17) is 35.2 Å². The van der Waals surface area contributed by atoms with Gasteiger partial charge in [-0.15, -0.1) is 0 Å². The van der Waals surface area contributed by atoms with Gasteiger partial charge in [0, 0.05) is 17.2 Å². The molecule has 0 saturated heterocycles. The predicted molar refractivity (Wildman–Crippen MR) is 175 cm³/mol. The lowest BCUT2D eigenvalue weighted by atomic mass is 10.0. The number of aliphatic hydroxyl groups excluding tert-OH is 1. The summed E-state index contributed by atoms with van der Waals surface area (Å²) in [5, 5.41) is 20.1. The maximum absolute atomic E-state index is 15.8. The van der Waals surface area contributed by atoms with Crippen molar-refractivity contribution < 1.29 is 42.7 Å². The molecule has 250 valence electrons. The van der Waals surface area contributed by atoms with Gasteiger partial charge in [0.1, 0.15) is 53.4 Å². The standard InChI is InChI=1S/C35H33ClFN3O8/c1-2-44-35(43)31(19-42)38-12-5-13-45-26-8-3-6-23(15-26)27-9-4-7-24(34(27)37)21-47-33-17-32(25(18-41)16-28(33)36)46-20-22-10-11-29-30(14-22)40-48-39-29/h3-4,6-11,14-18,31,38,42H,2,5,12-13,19-21H2,1H3/t31-/m1/s1. The number of rotatable bonds is 17. The van der Waals surface area contributed by atoms with E-state index < -0.39 is 17.8 Å². The van der Waals surface area contributed by atoms with Gasteiger partial charge in [-0.3, -0.25) is 9.59 Å². The number of carbonyl (C=O) groups is 2. The van der Waals surface area contributed by atoms with Gasteiger partial charge in [0.25, 0.3) is 0 Å². The number of fused-ring (bicyclic) bond motifs is 1. The van der Waals surface area contributed by atoms with Crippen LogP contribution in [-0.4, -0.2) is 60.1 Å². The van der Waals surface area contributed by atoms with Gasteiger partial charge in [0.05, 0.1) is 30.4 Å². The molecule has 5 rings (SSSR count). The molecule has 13 heteroatoms. The molecule has 2 N–H and O–H groups in total. The summed E-state index contributed by atoms with van der Waals surface area (Å²) < 4.78 is 43.1. The van der Waals surface area contributed by atoms with Gasteiger partial charge < -0.3 is 29.4 Å². The smallest absolute Gasteiger partial charge is 0.325 e. The molecule has 0 spiro atoms. The number of carbonyl (C=O) groups excluding carboxylic acids is 2. The number of halogens is 2. The monoisotopic (exact) mass is 677 g/mol. The van der Waals surface area contributed by atoms with Crippen LogP contribution in [-0.2, 0) is 22.7 Å². The molecule has 0 saturated carbocycles. The van der Waals surface area contributed by atoms with Crippen LogP contribution in [0, 0.1) is 5.82 Å². The number of aromatic nitrogens is 2. The third-order valence-corrected chi connectivity index (χ3v) is 7.54. The van der Waals surface area contributed by atoms with Gasteiger partial charge in [-0.25, -0.2) is 9.02 Å². The minimum atomic E-state index is -0.792. The molecule has 0 bridgehead atoms. The van der Waals surface area contributed by atoms with Gasteiger partial charge in [0.15, 0.2) is 6.29 Å². The van der Waals surface area contributed by atoms with Crippen molar-refractivity contribution in [1.29, 1.82) is 0 Å². The highest BCUT2D eigenvalue weighted by Crippen LogP contribution is 2.34. The number of nitrogens with one attached hydrogen (secondary N) is 1. The van der Waals surface area contributed by atoms with Crippen molar-refractivity contribution in [3.05, 3.63) is 100 Å². The molecule has 0 unspecified atom stereocenters. The highest BCUT2D eigenvalue weighted by molar-refractivity contribution is 6.32. The summed E-state index contributed by atoms with van der Waals surface area (Å²) in [5.74, 6) is 0.0353. The third kappa shape index (κ3) is 8.65. The molecule has 1 atom stereocenters. The number of hydrogen-bond acceptors (Lipinski definition) is 11. The molecule has 0 aliphatic rings. The number of aldehydes is 1. The summed E-state index contributed by atoms with van der Waals surface area (Å²) in [6.45, 7) is 2.31. The Morgan fingerprint density at radius 2 is 1.81 bits per heavy atom. The fraction of sp³-hybridized carbons (Fsp3) is 0.257. The highest BCUT2D eigenvalue weighted by atomic mass is 35.5. The predicted octanol–water partition coefficient (Wildman–Crippen LogP) is 5.94. The van der Waals surface area contributed by atoms with Crippen molar-refractivity contribution in [3.8, 4) is 28.4 Å². The van der Waals surface area contributed by atoms with E-state index in [1.807, 2.05) is 0 Å². The molecule has 0 radical (unpaired) electrons. The highest BCUT2D eigenvalue weighted by Gasteiger charge is 2.18. The van der Waals surface area contributed by atoms with E-state index in [0.29, 0.717) is 53.8 Å². The van der Waals surface area contributed by atoms with Crippen LogP contribution in [0.4, 0.5) is 4.39 Å². The van der Waals surface area contributed by atoms with Crippen LogP contribution in [0.1, 0.15) is 34.8 Å². The Morgan fingerprint density at radius 3 is 2.62 bits per heavy atom. The van der Waals surface area contributed by atoms with E-state index in [1.54, 1.807) is 67.6 Å². The second-order valence-electron chi connectivity index (χ2n) is 10.6. The Labute approximate surface area is 280 Å². The zero-order chi connectivity index (χ0) is 33.9. The van der Waals surface area contributed by atoms with Gasteiger partial charge >= 0.3 is 5.97 Å². The zero-order valence-corrected chi connectivity index (χ0v) is 26.7. The Bertz CT molecular complexity index is 1870. The van der Waals surface area contributed by atoms with Gasteiger partial charge in [-0.2, -0.15) is 0 Å². The normalized spacial score (nSPS) is 11.7. The van der Waals surface area contributed by atoms with Gasteiger partial charge in [-0.05, 0) is 71.7 Å². The number of esters is 1. The lowest BCUT2D eigenvalue weighted by Gasteiger charge is -2.15. The summed E-state index contributed by atoms with van der Waals surface area (Å²) in [4.78, 5) is 23.5. The van der Waals surface area contributed by atoms with Crippen LogP contribution in [0.3, 0.4) is 0 Å². The van der Waals surface area contributed by atoms with Crippen molar-refractivity contribution in [2.24, 2.45) is 0 Å². The van der Waals surface area contributed by atoms with E-state index in [9.17, 15) is 14.7 Å². The van der Waals surface area contributed by atoms with Crippen molar-refractivity contribution >= 4 is 34.9 Å². The van der Waals surface area contributed by atoms with Crippen LogP contribution in [0.5, 0.6) is 17.2 Å². The number of nitrogens with zero attached hydrogens (tertiary/aromatic N) is 2. The van der Waals surface area contributed by atoms with Crippen molar-refractivity contribution in [2.75, 3.05) is 26.4 Å². The van der Waals surface area contributed by atoms with E-state index in [-0.39, 0.29) is 54.1 Å². The summed E-state index contributed by atoms with van der Waals surface area (Å²) >= 11 is 6.40. The molecule has 11 nitrogen and oxygen atoms in total. The first-order valence-electron chi connectivity index (χ1n) is 15.2. The molecule has 0 fully saturated rings. The summed E-state index contributed by atoms with van der Waals surface area (Å²) in [6, 6.07) is 19.5. The molecule has 4 aromatic carbocycles. The van der Waals surface area contributed by atoms with Crippen molar-refractivity contribution in [2.45, 2.75) is 32.6 Å². The first kappa shape index (κ1) is 34.3. The van der Waals surface area contributed by atoms with Crippen LogP contribution in [0.2, 0.25) is 5.02 Å². The lowest BCUT2D eigenvalue weighted by Crippen LogP contribution is -2.41. The van der Waals surface area contributed by atoms with Gasteiger partial charge in [0.2, 0.25) is 0 Å². The van der Waals surface area contributed by atoms with Crippen molar-refractivity contribution in [1.82, 2.24) is 15.6 Å².